The van der Waals surface area contributed by atoms with E-state index in [9.17, 15) is 27.9 Å². The molecule has 0 aliphatic carbocycles. The topological polar surface area (TPSA) is 173 Å². The molecule has 5 aromatic rings. The Hall–Kier alpha value is -4.75. The van der Waals surface area contributed by atoms with Crippen molar-refractivity contribution in [1.29, 1.82) is 0 Å². The molecule has 0 spiro atoms. The summed E-state index contributed by atoms with van der Waals surface area (Å²) < 4.78 is 57.7. The smallest absolute Gasteiger partial charge is 0.416 e. The van der Waals surface area contributed by atoms with Crippen LogP contribution in [0.1, 0.15) is 35.3 Å². The molecule has 3 aromatic carbocycles. The summed E-state index contributed by atoms with van der Waals surface area (Å²) >= 11 is 2.24. The molecule has 5 rings (SSSR count). The molecule has 0 saturated heterocycles. The number of rotatable bonds is 15. The predicted molar refractivity (Wildman–Crippen MR) is 171 cm³/mol. The van der Waals surface area contributed by atoms with Gasteiger partial charge in [-0.1, -0.05) is 29.5 Å². The number of nitrogens with zero attached hydrogens (tertiary/aromatic N) is 4. The standard InChI is InChI=1S/C31H29F3N6O7S2/c1-2-44-29(43)25(13-18-3-7-20(8-4-18)31(32,33)34)36-28(42)26(14-19-5-9-22(41)10-6-19)40-16-21(38-39-40)17-45-23-11-12-27-24(15-23)37-30(48-27)49-47-46-35/h3-12,15-16,25-26,41H,2,13-14,17,35H2,1H3,(H,36,42). The highest BCUT2D eigenvalue weighted by Gasteiger charge is 2.32. The highest BCUT2D eigenvalue weighted by Crippen LogP contribution is 2.32. The third-order valence-electron chi connectivity index (χ3n) is 7.02. The van der Waals surface area contributed by atoms with E-state index >= 15 is 0 Å². The van der Waals surface area contributed by atoms with Crippen LogP contribution < -0.4 is 16.0 Å². The number of aromatic hydroxyl groups is 1. The number of carbonyl (C=O) groups is 2. The number of carbonyl (C=O) groups excluding carboxylic acids is 2. The van der Waals surface area contributed by atoms with Gasteiger partial charge in [0.2, 0.25) is 5.91 Å². The van der Waals surface area contributed by atoms with Crippen molar-refractivity contribution >= 4 is 45.5 Å². The Morgan fingerprint density at radius 2 is 1.78 bits per heavy atom. The number of aromatic nitrogens is 4. The second-order valence-corrected chi connectivity index (χ2v) is 12.4. The number of alkyl halides is 3. The van der Waals surface area contributed by atoms with Crippen molar-refractivity contribution < 1.29 is 46.7 Å². The fourth-order valence-electron chi connectivity index (χ4n) is 4.68. The highest BCUT2D eigenvalue weighted by atomic mass is 32.2. The first-order valence-corrected chi connectivity index (χ1v) is 16.1. The molecule has 49 heavy (non-hydrogen) atoms. The van der Waals surface area contributed by atoms with E-state index in [1.165, 1.54) is 46.5 Å². The summed E-state index contributed by atoms with van der Waals surface area (Å²) in [5.41, 5.74) is 1.25. The number of esters is 1. The minimum atomic E-state index is -4.52. The van der Waals surface area contributed by atoms with Gasteiger partial charge in [0.25, 0.3) is 0 Å². The molecule has 258 valence electrons. The number of amides is 1. The number of phenols is 1. The third kappa shape index (κ3) is 9.67. The van der Waals surface area contributed by atoms with Crippen molar-refractivity contribution in [2.75, 3.05) is 6.61 Å². The van der Waals surface area contributed by atoms with Gasteiger partial charge in [0.15, 0.2) is 4.34 Å². The number of nitrogens with two attached hydrogens (primary N) is 1. The average molecular weight is 719 g/mol. The molecular formula is C31H29F3N6O7S2. The number of ether oxygens (including phenoxy) is 2. The van der Waals surface area contributed by atoms with E-state index in [1.807, 2.05) is 6.07 Å². The molecule has 0 radical (unpaired) electrons. The molecule has 1 amide bonds. The fraction of sp³-hybridized carbons (Fsp3) is 0.258. The second-order valence-electron chi connectivity index (χ2n) is 10.4. The van der Waals surface area contributed by atoms with Gasteiger partial charge in [-0.2, -0.15) is 19.1 Å². The zero-order valence-corrected chi connectivity index (χ0v) is 27.3. The lowest BCUT2D eigenvalue weighted by Gasteiger charge is -2.22. The van der Waals surface area contributed by atoms with Crippen molar-refractivity contribution in [2.24, 2.45) is 5.90 Å². The summed E-state index contributed by atoms with van der Waals surface area (Å²) in [6.07, 6.45) is -3.03. The Morgan fingerprint density at radius 1 is 1.06 bits per heavy atom. The van der Waals surface area contributed by atoms with Crippen molar-refractivity contribution in [1.82, 2.24) is 25.3 Å². The van der Waals surface area contributed by atoms with Gasteiger partial charge in [-0.15, -0.1) is 25.8 Å². The second kappa shape index (κ2) is 16.1. The molecule has 2 unspecified atom stereocenters. The zero-order valence-electron chi connectivity index (χ0n) is 25.6. The van der Waals surface area contributed by atoms with Crippen LogP contribution in [0, 0.1) is 0 Å². The van der Waals surface area contributed by atoms with Gasteiger partial charge in [0.1, 0.15) is 47.9 Å². The van der Waals surface area contributed by atoms with Crippen molar-refractivity contribution in [2.45, 2.75) is 49.0 Å². The molecule has 2 aromatic heterocycles. The summed E-state index contributed by atoms with van der Waals surface area (Å²) in [7, 11) is 0. The van der Waals surface area contributed by atoms with Crippen LogP contribution in [0.15, 0.2) is 77.3 Å². The Bertz CT molecular complexity index is 1870. The number of phenolic OH excluding ortho intramolecular Hbond substituents is 1. The number of benzene rings is 3. The van der Waals surface area contributed by atoms with Crippen molar-refractivity contribution in [3.05, 3.63) is 95.3 Å². The molecule has 18 heteroatoms. The van der Waals surface area contributed by atoms with Gasteiger partial charge in [0, 0.05) is 18.9 Å². The van der Waals surface area contributed by atoms with Crippen molar-refractivity contribution in [3.8, 4) is 11.5 Å². The van der Waals surface area contributed by atoms with E-state index in [-0.39, 0.29) is 31.8 Å². The molecule has 0 fully saturated rings. The highest BCUT2D eigenvalue weighted by molar-refractivity contribution is 7.96. The first kappa shape index (κ1) is 35.6. The summed E-state index contributed by atoms with van der Waals surface area (Å²) in [5, 5.41) is 20.7. The van der Waals surface area contributed by atoms with Gasteiger partial charge in [-0.25, -0.2) is 14.5 Å². The van der Waals surface area contributed by atoms with Crippen molar-refractivity contribution in [3.63, 3.8) is 0 Å². The number of nitrogens with one attached hydrogen (secondary N) is 1. The maximum Gasteiger partial charge on any atom is 0.416 e. The van der Waals surface area contributed by atoms with Crippen LogP contribution in [0.3, 0.4) is 0 Å². The zero-order chi connectivity index (χ0) is 35.0. The van der Waals surface area contributed by atoms with E-state index in [1.54, 1.807) is 31.2 Å². The quantitative estimate of drug-likeness (QED) is 0.0567. The lowest BCUT2D eigenvalue weighted by molar-refractivity contribution is -0.195. The molecule has 2 heterocycles. The van der Waals surface area contributed by atoms with E-state index in [2.05, 4.69) is 29.9 Å². The Labute approximate surface area is 285 Å². The molecule has 0 aliphatic rings. The van der Waals surface area contributed by atoms with Crippen LogP contribution in [-0.4, -0.2) is 49.6 Å². The Kier molecular flexibility index (Phi) is 11.7. The van der Waals surface area contributed by atoms with Gasteiger partial charge in [0.05, 0.1) is 28.6 Å². The maximum absolute atomic E-state index is 13.8. The predicted octanol–water partition coefficient (Wildman–Crippen LogP) is 5.09. The van der Waals surface area contributed by atoms with Gasteiger partial charge in [-0.3, -0.25) is 4.79 Å². The van der Waals surface area contributed by atoms with Crippen LogP contribution in [0.5, 0.6) is 11.5 Å². The first-order chi connectivity index (χ1) is 23.5. The van der Waals surface area contributed by atoms with Crippen LogP contribution >= 0.6 is 23.4 Å². The van der Waals surface area contributed by atoms with E-state index in [0.29, 0.717) is 32.4 Å². The third-order valence-corrected chi connectivity index (χ3v) is 8.69. The van der Waals surface area contributed by atoms with Gasteiger partial charge in [-0.05, 0) is 54.4 Å². The Morgan fingerprint density at radius 3 is 2.47 bits per heavy atom. The van der Waals surface area contributed by atoms with Gasteiger partial charge >= 0.3 is 12.1 Å². The van der Waals surface area contributed by atoms with E-state index < -0.39 is 35.7 Å². The molecule has 2 atom stereocenters. The monoisotopic (exact) mass is 718 g/mol. The largest absolute Gasteiger partial charge is 0.508 e. The maximum atomic E-state index is 13.8. The normalized spacial score (nSPS) is 12.8. The summed E-state index contributed by atoms with van der Waals surface area (Å²) in [6, 6.07) is 13.6. The lowest BCUT2D eigenvalue weighted by Crippen LogP contribution is -2.46. The molecular weight excluding hydrogens is 690 g/mol. The van der Waals surface area contributed by atoms with Crippen LogP contribution in [0.25, 0.3) is 10.2 Å². The minimum Gasteiger partial charge on any atom is -0.508 e. The minimum absolute atomic E-state index is 0.00566. The molecule has 0 saturated carbocycles. The SMILES string of the molecule is CCOC(=O)C(Cc1ccc(C(F)(F)F)cc1)NC(=O)C(Cc1ccc(O)cc1)n1cc(COc2ccc3sc(SOON)nc3c2)nn1. The fourth-order valence-corrected chi connectivity index (χ4v) is 6.08. The number of fused-ring (bicyclic) bond motifs is 1. The number of thiazole rings is 1. The van der Waals surface area contributed by atoms with Gasteiger partial charge < -0.3 is 19.9 Å². The van der Waals surface area contributed by atoms with E-state index in [4.69, 9.17) is 15.4 Å². The Balaban J connectivity index is 1.33. The molecule has 13 nitrogen and oxygen atoms in total. The molecule has 0 aliphatic heterocycles. The number of hydrogen-bond acceptors (Lipinski definition) is 13. The van der Waals surface area contributed by atoms with E-state index in [0.717, 1.165) is 28.9 Å². The summed E-state index contributed by atoms with van der Waals surface area (Å²) in [6.45, 7) is 1.61. The first-order valence-electron chi connectivity index (χ1n) is 14.6. The van der Waals surface area contributed by atoms with Crippen LogP contribution in [0.2, 0.25) is 0 Å². The molecule has 0 bridgehead atoms. The summed E-state index contributed by atoms with van der Waals surface area (Å²) in [5.74, 6) is 4.04. The number of hydrogen-bond donors (Lipinski definition) is 3. The summed E-state index contributed by atoms with van der Waals surface area (Å²) in [4.78, 5) is 35.2. The average Bonchev–Trinajstić information content (AvgIpc) is 3.72. The molecule has 4 N–H and O–H groups in total. The number of halogens is 3. The lowest BCUT2D eigenvalue weighted by atomic mass is 10.0. The van der Waals surface area contributed by atoms with Crippen LogP contribution in [-0.2, 0) is 49.3 Å². The van der Waals surface area contributed by atoms with Crippen LogP contribution in [0.4, 0.5) is 13.2 Å².